The Balaban J connectivity index is 1.05. The highest BCUT2D eigenvalue weighted by atomic mass is 32.2. The highest BCUT2D eigenvalue weighted by Crippen LogP contribution is 2.37. The molecule has 16 heteroatoms. The Hall–Kier alpha value is -5.16. The van der Waals surface area contributed by atoms with Crippen LogP contribution in [0.5, 0.6) is 11.5 Å². The fourth-order valence-electron chi connectivity index (χ4n) is 10.0. The summed E-state index contributed by atoms with van der Waals surface area (Å²) in [5, 5.41) is 0. The van der Waals surface area contributed by atoms with Crippen molar-refractivity contribution in [3.63, 3.8) is 0 Å². The Morgan fingerprint density at radius 1 is 0.636 bits per heavy atom. The molecule has 0 spiro atoms. The number of carbonyl (C=O) groups is 2. The molecule has 4 heterocycles. The Labute approximate surface area is 390 Å². The molecule has 4 atom stereocenters. The van der Waals surface area contributed by atoms with Gasteiger partial charge in [0.1, 0.15) is 18.1 Å². The molecule has 4 aromatic rings. The van der Waals surface area contributed by atoms with E-state index in [4.69, 9.17) is 9.47 Å². The number of sulfonamides is 2. The van der Waals surface area contributed by atoms with E-state index in [9.17, 15) is 26.4 Å². The van der Waals surface area contributed by atoms with Crippen molar-refractivity contribution in [2.75, 3.05) is 64.5 Å². The van der Waals surface area contributed by atoms with E-state index in [1.54, 1.807) is 23.8 Å². The van der Waals surface area contributed by atoms with Crippen molar-refractivity contribution in [3.05, 3.63) is 108 Å². The van der Waals surface area contributed by atoms with E-state index in [2.05, 4.69) is 21.6 Å². The zero-order chi connectivity index (χ0) is 46.4. The Morgan fingerprint density at radius 3 is 1.97 bits per heavy atom. The summed E-state index contributed by atoms with van der Waals surface area (Å²) in [4.78, 5) is 35.2. The maximum absolute atomic E-state index is 14.3. The summed E-state index contributed by atoms with van der Waals surface area (Å²) >= 11 is 0. The largest absolute Gasteiger partial charge is 0.493 e. The zero-order valence-electron chi connectivity index (χ0n) is 38.4. The van der Waals surface area contributed by atoms with E-state index in [0.717, 1.165) is 64.0 Å². The summed E-state index contributed by atoms with van der Waals surface area (Å²) in [6, 6.07) is 27.8. The maximum atomic E-state index is 14.3. The van der Waals surface area contributed by atoms with Crippen LogP contribution in [0.4, 0.5) is 9.59 Å². The minimum Gasteiger partial charge on any atom is -0.493 e. The SMILES string of the molecule is CCN1CCCCCOc2cccc(CCS(=O)(=O)NC3CCN4C(=O)N(C)CCOc5ccccc5-c5cccc(c5)CC34)c2-c2cccc(c2)CC2C(NS(=O)(=O)CC)CCN2C1=O. The first-order valence-electron chi connectivity index (χ1n) is 23.6. The van der Waals surface area contributed by atoms with Gasteiger partial charge in [0.05, 0.1) is 36.7 Å². The molecule has 4 aliphatic rings. The number of aryl methyl sites for hydroxylation is 1. The van der Waals surface area contributed by atoms with Crippen molar-refractivity contribution in [2.45, 2.75) is 89.4 Å². The van der Waals surface area contributed by atoms with Crippen LogP contribution < -0.4 is 18.9 Å². The van der Waals surface area contributed by atoms with Crippen LogP contribution in [0.2, 0.25) is 0 Å². The Morgan fingerprint density at radius 2 is 1.26 bits per heavy atom. The van der Waals surface area contributed by atoms with E-state index in [-0.39, 0.29) is 30.0 Å². The zero-order valence-corrected chi connectivity index (χ0v) is 40.0. The molecule has 2 fully saturated rings. The molecule has 4 bridgehead atoms. The molecule has 8 rings (SSSR count). The molecule has 2 N–H and O–H groups in total. The van der Waals surface area contributed by atoms with Gasteiger partial charge in [0.2, 0.25) is 20.0 Å². The third kappa shape index (κ3) is 11.0. The van der Waals surface area contributed by atoms with Crippen molar-refractivity contribution < 1.29 is 35.9 Å². The highest BCUT2D eigenvalue weighted by molar-refractivity contribution is 7.89. The topological polar surface area (TPSA) is 158 Å². The lowest BCUT2D eigenvalue weighted by Gasteiger charge is -2.33. The first-order valence-corrected chi connectivity index (χ1v) is 26.9. The molecule has 14 nitrogen and oxygen atoms in total. The second-order valence-electron chi connectivity index (χ2n) is 17.9. The molecular formula is C50H64N6O8S2. The Kier molecular flexibility index (Phi) is 14.9. The number of rotatable bonds is 9. The van der Waals surface area contributed by atoms with E-state index < -0.39 is 44.2 Å². The summed E-state index contributed by atoms with van der Waals surface area (Å²) in [5.74, 6) is 1.17. The molecule has 0 aliphatic carbocycles. The lowest BCUT2D eigenvalue weighted by Crippen LogP contribution is -2.51. The number of nitrogens with zero attached hydrogens (tertiary/aromatic N) is 4. The van der Waals surface area contributed by atoms with Crippen LogP contribution >= 0.6 is 0 Å². The van der Waals surface area contributed by atoms with Gasteiger partial charge in [0.15, 0.2) is 0 Å². The summed E-state index contributed by atoms with van der Waals surface area (Å²) in [6.07, 6.45) is 4.50. The number of urea groups is 2. The third-order valence-corrected chi connectivity index (χ3v) is 16.4. The minimum absolute atomic E-state index is 0.0526. The summed E-state index contributed by atoms with van der Waals surface area (Å²) < 4.78 is 72.9. The van der Waals surface area contributed by atoms with E-state index in [1.807, 2.05) is 95.6 Å². The number of nitrogens with one attached hydrogen (secondary N) is 2. The van der Waals surface area contributed by atoms with Crippen LogP contribution in [-0.4, -0.2) is 137 Å². The number of likely N-dealkylation sites (N-methyl/N-ethyl adjacent to an activating group) is 1. The monoisotopic (exact) mass is 940 g/mol. The smallest absolute Gasteiger partial charge is 0.320 e. The van der Waals surface area contributed by atoms with E-state index in [1.165, 1.54) is 0 Å². The number of amides is 4. The standard InChI is InChI=1S/C50H64N6O8S2/c1-4-54-25-9-6-10-29-63-47-21-13-16-38(48(47)40-18-12-15-37(33-40)35-45-42(51-65(59,60)5-2)23-27-56(45)50(54)58)24-31-66(61,62)52-43-22-26-55-44(43)34-36-14-11-17-39(32-36)41-19-7-8-20-46(41)64-30-28-53(3)49(55)57/h7-8,11-21,32-33,42-45,51-52H,4-6,9-10,22-31,34-35H2,1-3H3. The molecule has 66 heavy (non-hydrogen) atoms. The summed E-state index contributed by atoms with van der Waals surface area (Å²) in [5.41, 5.74) is 6.33. The Bertz CT molecular complexity index is 2590. The second-order valence-corrected chi connectivity index (χ2v) is 21.9. The average Bonchev–Trinajstić information content (AvgIpc) is 3.88. The van der Waals surface area contributed by atoms with Gasteiger partial charge in [-0.1, -0.05) is 78.9 Å². The molecule has 4 aromatic carbocycles. The summed E-state index contributed by atoms with van der Waals surface area (Å²) in [6.45, 7) is 6.73. The molecule has 4 aliphatic heterocycles. The number of carbonyl (C=O) groups excluding carboxylic acids is 2. The first-order chi connectivity index (χ1) is 31.8. The first kappa shape index (κ1) is 47.3. The predicted octanol–water partition coefficient (Wildman–Crippen LogP) is 6.54. The van der Waals surface area contributed by atoms with Gasteiger partial charge >= 0.3 is 12.1 Å². The fraction of sp³-hybridized carbons (Fsp3) is 0.480. The summed E-state index contributed by atoms with van der Waals surface area (Å²) in [7, 11) is -5.65. The van der Waals surface area contributed by atoms with Gasteiger partial charge in [-0.15, -0.1) is 0 Å². The van der Waals surface area contributed by atoms with Crippen LogP contribution in [0.25, 0.3) is 22.3 Å². The van der Waals surface area contributed by atoms with Crippen molar-refractivity contribution in [3.8, 4) is 33.8 Å². The molecule has 4 amide bonds. The quantitative estimate of drug-likeness (QED) is 0.192. The molecule has 0 saturated carbocycles. The molecule has 0 radical (unpaired) electrons. The van der Waals surface area contributed by atoms with Gasteiger partial charge in [-0.25, -0.2) is 35.9 Å². The average molecular weight is 941 g/mol. The predicted molar refractivity (Wildman–Crippen MR) is 258 cm³/mol. The molecule has 0 aromatic heterocycles. The number of hydrogen-bond acceptors (Lipinski definition) is 8. The van der Waals surface area contributed by atoms with Gasteiger partial charge in [-0.05, 0) is 105 Å². The number of ether oxygens (including phenoxy) is 2. The maximum Gasteiger partial charge on any atom is 0.320 e. The number of hydrogen-bond donors (Lipinski definition) is 2. The van der Waals surface area contributed by atoms with Crippen molar-refractivity contribution in [2.24, 2.45) is 0 Å². The number of benzene rings is 4. The van der Waals surface area contributed by atoms with Gasteiger partial charge in [0, 0.05) is 56.4 Å². The molecular weight excluding hydrogens is 877 g/mol. The molecule has 354 valence electrons. The fourth-order valence-corrected chi connectivity index (χ4v) is 12.3. The van der Waals surface area contributed by atoms with Gasteiger partial charge in [0.25, 0.3) is 0 Å². The third-order valence-electron chi connectivity index (χ3n) is 13.6. The van der Waals surface area contributed by atoms with Crippen LogP contribution in [-0.2, 0) is 39.3 Å². The van der Waals surface area contributed by atoms with Gasteiger partial charge < -0.3 is 29.1 Å². The van der Waals surface area contributed by atoms with Gasteiger partial charge in [-0.3, -0.25) is 0 Å². The van der Waals surface area contributed by atoms with Crippen LogP contribution in [0, 0.1) is 0 Å². The lowest BCUT2D eigenvalue weighted by molar-refractivity contribution is 0.146. The highest BCUT2D eigenvalue weighted by Gasteiger charge is 2.42. The minimum atomic E-state index is -3.87. The van der Waals surface area contributed by atoms with Crippen molar-refractivity contribution >= 4 is 32.1 Å². The van der Waals surface area contributed by atoms with Crippen LogP contribution in [0.1, 0.15) is 62.6 Å². The molecule has 2 saturated heterocycles. The van der Waals surface area contributed by atoms with Crippen LogP contribution in [0.15, 0.2) is 91.0 Å². The van der Waals surface area contributed by atoms with Crippen molar-refractivity contribution in [1.29, 1.82) is 0 Å². The number of fused-ring (bicyclic) bond motifs is 10. The number of para-hydroxylation sites is 1. The van der Waals surface area contributed by atoms with Crippen molar-refractivity contribution in [1.82, 2.24) is 29.0 Å². The normalized spacial score (nSPS) is 22.2. The van der Waals surface area contributed by atoms with Crippen LogP contribution in [0.3, 0.4) is 0 Å². The van der Waals surface area contributed by atoms with E-state index >= 15 is 0 Å². The second kappa shape index (κ2) is 20.8. The lowest BCUT2D eigenvalue weighted by atomic mass is 9.93. The van der Waals surface area contributed by atoms with E-state index in [0.29, 0.717) is 77.4 Å². The molecule has 4 unspecified atom stereocenters. The van der Waals surface area contributed by atoms with Gasteiger partial charge in [-0.2, -0.15) is 0 Å².